The van der Waals surface area contributed by atoms with Crippen LogP contribution in [0.5, 0.6) is 0 Å². The van der Waals surface area contributed by atoms with Crippen LogP contribution in [0, 0.1) is 0 Å². The van der Waals surface area contributed by atoms with E-state index in [1.807, 2.05) is 0 Å². The molecule has 2 aliphatic carbocycles. The number of carbonyl (C=O) groups excluding carboxylic acids is 1. The van der Waals surface area contributed by atoms with Gasteiger partial charge in [0.05, 0.1) is 29.0 Å². The Bertz CT molecular complexity index is 1400. The van der Waals surface area contributed by atoms with Crippen molar-refractivity contribution in [3.63, 3.8) is 0 Å². The number of halogens is 2. The van der Waals surface area contributed by atoms with Crippen LogP contribution in [0.3, 0.4) is 0 Å². The number of anilines is 2. The largest absolute Gasteiger partial charge is 0.371 e. The van der Waals surface area contributed by atoms with Crippen LogP contribution >= 0.6 is 0 Å². The van der Waals surface area contributed by atoms with E-state index >= 15 is 0 Å². The molecule has 3 aliphatic rings. The summed E-state index contributed by atoms with van der Waals surface area (Å²) in [5.41, 5.74) is 0.293. The van der Waals surface area contributed by atoms with Crippen LogP contribution in [-0.2, 0) is 9.84 Å². The van der Waals surface area contributed by atoms with Gasteiger partial charge in [0.25, 0.3) is 17.4 Å². The molecule has 37 heavy (non-hydrogen) atoms. The number of nitrogens with one attached hydrogen (secondary N) is 1. The second kappa shape index (κ2) is 8.76. The van der Waals surface area contributed by atoms with Gasteiger partial charge >= 0.3 is 0 Å². The van der Waals surface area contributed by atoms with Crippen LogP contribution in [0.4, 0.5) is 20.2 Å². The second-order valence-corrected chi connectivity index (χ2v) is 19.6. The summed E-state index contributed by atoms with van der Waals surface area (Å²) in [6.07, 6.45) is 1.88. The number of pyridine rings is 1. The topological polar surface area (TPSA) is 88.5 Å². The number of benzene rings is 1. The zero-order chi connectivity index (χ0) is 26.8. The van der Waals surface area contributed by atoms with E-state index in [4.69, 9.17) is 0 Å². The number of rotatable bonds is 6. The molecule has 1 aromatic heterocycles. The minimum atomic E-state index is -3.54. The Kier molecular flexibility index (Phi) is 6.18. The molecule has 11 heteroatoms. The van der Waals surface area contributed by atoms with Crippen molar-refractivity contribution < 1.29 is 22.0 Å². The van der Waals surface area contributed by atoms with Crippen LogP contribution < -0.4 is 15.8 Å². The first-order valence-corrected chi connectivity index (χ1v) is 17.7. The fourth-order valence-electron chi connectivity index (χ4n) is 5.12. The smallest absolute Gasteiger partial charge is 0.274 e. The first-order valence-electron chi connectivity index (χ1n) is 12.8. The van der Waals surface area contributed by atoms with Crippen molar-refractivity contribution in [3.05, 3.63) is 52.4 Å². The highest BCUT2D eigenvalue weighted by Crippen LogP contribution is 2.47. The Morgan fingerprint density at radius 2 is 1.76 bits per heavy atom. The maximum atomic E-state index is 13.4. The molecular weight excluding hydrogens is 516 g/mol. The van der Waals surface area contributed by atoms with Crippen molar-refractivity contribution in [1.29, 1.82) is 0 Å². The molecule has 3 fully saturated rings. The predicted molar refractivity (Wildman–Crippen MR) is 142 cm³/mol. The van der Waals surface area contributed by atoms with E-state index in [-0.39, 0.29) is 16.1 Å². The van der Waals surface area contributed by atoms with E-state index < -0.39 is 58.9 Å². The summed E-state index contributed by atoms with van der Waals surface area (Å²) in [5.74, 6) is -3.31. The molecule has 2 aromatic rings. The fourth-order valence-corrected chi connectivity index (χ4v) is 8.85. The first-order chi connectivity index (χ1) is 17.2. The van der Waals surface area contributed by atoms with E-state index in [2.05, 4.69) is 23.3 Å². The molecule has 1 aromatic carbocycles. The third kappa shape index (κ3) is 4.87. The van der Waals surface area contributed by atoms with Gasteiger partial charge in [0.1, 0.15) is 5.69 Å². The average Bonchev–Trinajstić information content (AvgIpc) is 3.57. The van der Waals surface area contributed by atoms with Gasteiger partial charge < -0.3 is 14.8 Å². The average molecular weight is 550 g/mol. The van der Waals surface area contributed by atoms with Gasteiger partial charge in [-0.15, -0.1) is 0 Å². The molecule has 0 unspecified atom stereocenters. The van der Waals surface area contributed by atoms with Gasteiger partial charge in [-0.2, -0.15) is 0 Å². The third-order valence-corrected chi connectivity index (χ3v) is 14.0. The quantitative estimate of drug-likeness (QED) is 0.517. The number of sulfone groups is 1. The van der Waals surface area contributed by atoms with Crippen LogP contribution in [0.15, 0.2) is 46.2 Å². The van der Waals surface area contributed by atoms with Gasteiger partial charge in [0, 0.05) is 38.2 Å². The summed E-state index contributed by atoms with van der Waals surface area (Å²) in [4.78, 5) is 28.7. The van der Waals surface area contributed by atoms with E-state index in [0.717, 1.165) is 25.2 Å². The number of carbonyl (C=O) groups is 1. The van der Waals surface area contributed by atoms with Crippen molar-refractivity contribution in [3.8, 4) is 0 Å². The zero-order valence-electron chi connectivity index (χ0n) is 21.4. The summed E-state index contributed by atoms with van der Waals surface area (Å²) >= 11 is 0. The summed E-state index contributed by atoms with van der Waals surface area (Å²) in [6.45, 7) is 7.86. The summed E-state index contributed by atoms with van der Waals surface area (Å²) in [6, 6.07) is 9.05. The lowest BCUT2D eigenvalue weighted by Crippen LogP contribution is -2.43. The number of hydrogen-bond donors (Lipinski definition) is 1. The first kappa shape index (κ1) is 26.1. The number of amides is 1. The van der Waals surface area contributed by atoms with Gasteiger partial charge in [0.2, 0.25) is 0 Å². The van der Waals surface area contributed by atoms with Gasteiger partial charge in [-0.05, 0) is 62.2 Å². The maximum Gasteiger partial charge on any atom is 0.274 e. The molecule has 0 bridgehead atoms. The molecule has 0 radical (unpaired) electrons. The van der Waals surface area contributed by atoms with Gasteiger partial charge in [-0.25, -0.2) is 17.2 Å². The Labute approximate surface area is 216 Å². The summed E-state index contributed by atoms with van der Waals surface area (Å²) in [5, 5.41) is 2.66. The molecule has 2 saturated carbocycles. The third-order valence-electron chi connectivity index (χ3n) is 8.27. The van der Waals surface area contributed by atoms with E-state index in [1.165, 1.54) is 29.0 Å². The number of alkyl halides is 2. The van der Waals surface area contributed by atoms with Crippen molar-refractivity contribution >= 4 is 35.2 Å². The maximum absolute atomic E-state index is 13.4. The molecule has 0 spiro atoms. The standard InChI is InChI=1S/C26H33F2N3O4SSi/c1-25(8-9-25)36(34,35)19-6-7-20(22(15-19)30-11-13-37(2,3)14-12-30)23(32)29-21-5-4-10-31(24(21)33)18-16-26(27,28)17-18/h4-7,10,15,18H,8-9,11-14,16-17H2,1-3H3,(H,29,32). The highest BCUT2D eigenvalue weighted by atomic mass is 32.2. The van der Waals surface area contributed by atoms with Crippen LogP contribution in [-0.4, -0.2) is 50.7 Å². The lowest BCUT2D eigenvalue weighted by molar-refractivity contribution is -0.104. The lowest BCUT2D eigenvalue weighted by atomic mass is 9.88. The number of nitrogens with zero attached hydrogens (tertiary/aromatic N) is 2. The fraction of sp³-hybridized carbons (Fsp3) is 0.538. The van der Waals surface area contributed by atoms with Crippen LogP contribution in [0.25, 0.3) is 0 Å². The minimum absolute atomic E-state index is 0.00282. The molecule has 0 atom stereocenters. The van der Waals surface area contributed by atoms with Gasteiger partial charge in [-0.1, -0.05) is 13.1 Å². The normalized spacial score (nSPS) is 22.2. The Morgan fingerprint density at radius 1 is 1.11 bits per heavy atom. The second-order valence-electron chi connectivity index (χ2n) is 11.8. The van der Waals surface area contributed by atoms with Crippen LogP contribution in [0.1, 0.15) is 49.0 Å². The Balaban J connectivity index is 1.47. The lowest BCUT2D eigenvalue weighted by Gasteiger charge is -2.38. The molecule has 200 valence electrons. The molecule has 1 N–H and O–H groups in total. The highest BCUT2D eigenvalue weighted by Gasteiger charge is 2.51. The van der Waals surface area contributed by atoms with Crippen LogP contribution in [0.2, 0.25) is 25.2 Å². The predicted octanol–water partition coefficient (Wildman–Crippen LogP) is 4.93. The number of aromatic nitrogens is 1. The Morgan fingerprint density at radius 3 is 2.35 bits per heavy atom. The van der Waals surface area contributed by atoms with E-state index in [9.17, 15) is 26.8 Å². The molecule has 1 aliphatic heterocycles. The minimum Gasteiger partial charge on any atom is -0.371 e. The molecule has 2 heterocycles. The molecule has 1 saturated heterocycles. The van der Waals surface area contributed by atoms with E-state index in [1.54, 1.807) is 19.1 Å². The molecular formula is C26H33F2N3O4SSi. The van der Waals surface area contributed by atoms with Crippen molar-refractivity contribution in [2.75, 3.05) is 23.3 Å². The summed E-state index contributed by atoms with van der Waals surface area (Å²) in [7, 11) is -4.87. The van der Waals surface area contributed by atoms with Crippen molar-refractivity contribution in [2.24, 2.45) is 0 Å². The van der Waals surface area contributed by atoms with Gasteiger partial charge in [0.15, 0.2) is 9.84 Å². The molecule has 5 rings (SSSR count). The SMILES string of the molecule is CC1(S(=O)(=O)c2ccc(C(=O)Nc3cccn(C4CC(F)(F)C4)c3=O)c(N3CC[Si](C)(C)CC3)c2)CC1. The van der Waals surface area contributed by atoms with Gasteiger partial charge in [-0.3, -0.25) is 9.59 Å². The molecule has 1 amide bonds. The van der Waals surface area contributed by atoms with Crippen molar-refractivity contribution in [1.82, 2.24) is 4.57 Å². The highest BCUT2D eigenvalue weighted by molar-refractivity contribution is 7.93. The van der Waals surface area contributed by atoms with Crippen molar-refractivity contribution in [2.45, 2.75) is 79.4 Å². The monoisotopic (exact) mass is 549 g/mol. The summed E-state index contributed by atoms with van der Waals surface area (Å²) < 4.78 is 53.7. The zero-order valence-corrected chi connectivity index (χ0v) is 23.2. The van der Waals surface area contributed by atoms with E-state index in [0.29, 0.717) is 18.5 Å². The Hall–Kier alpha value is -2.53. The number of hydrogen-bond acceptors (Lipinski definition) is 5. The molecule has 7 nitrogen and oxygen atoms in total.